The molecule has 1 aromatic heterocycles. The number of halogens is 4. The fourth-order valence-corrected chi connectivity index (χ4v) is 4.75. The van der Waals surface area contributed by atoms with Gasteiger partial charge in [-0.1, -0.05) is 29.9 Å². The van der Waals surface area contributed by atoms with E-state index < -0.39 is 24.5 Å². The molecule has 4 rings (SSSR count). The SMILES string of the molecule is COc1c(Cl)cccc1NC(=S)C1=C(NCc2ccncc2OC[C@@H]2CCCO2)CC(C(F)(F)F)NC1=O. The Balaban J connectivity index is 1.58. The van der Waals surface area contributed by atoms with E-state index >= 15 is 0 Å². The van der Waals surface area contributed by atoms with Crippen LogP contribution in [-0.2, 0) is 16.1 Å². The van der Waals surface area contributed by atoms with Gasteiger partial charge in [0.1, 0.15) is 23.4 Å². The zero-order valence-corrected chi connectivity index (χ0v) is 21.9. The monoisotopic (exact) mass is 570 g/mol. The van der Waals surface area contributed by atoms with Gasteiger partial charge in [-0.25, -0.2) is 0 Å². The van der Waals surface area contributed by atoms with Gasteiger partial charge >= 0.3 is 6.18 Å². The van der Waals surface area contributed by atoms with E-state index in [-0.39, 0.29) is 34.7 Å². The Morgan fingerprint density at radius 1 is 1.34 bits per heavy atom. The molecule has 1 unspecified atom stereocenters. The van der Waals surface area contributed by atoms with Crippen LogP contribution in [0.4, 0.5) is 18.9 Å². The number of amides is 1. The molecule has 3 heterocycles. The maximum absolute atomic E-state index is 13.6. The highest BCUT2D eigenvalue weighted by Crippen LogP contribution is 2.34. The predicted molar refractivity (Wildman–Crippen MR) is 139 cm³/mol. The fraction of sp³-hybridized carbons (Fsp3) is 0.400. The Labute approximate surface area is 227 Å². The van der Waals surface area contributed by atoms with Gasteiger partial charge in [-0.15, -0.1) is 0 Å². The average Bonchev–Trinajstić information content (AvgIpc) is 3.39. The molecule has 38 heavy (non-hydrogen) atoms. The molecule has 204 valence electrons. The van der Waals surface area contributed by atoms with Gasteiger partial charge in [0.05, 0.1) is 35.7 Å². The van der Waals surface area contributed by atoms with Gasteiger partial charge in [-0.05, 0) is 31.0 Å². The summed E-state index contributed by atoms with van der Waals surface area (Å²) in [5, 5.41) is 8.18. The van der Waals surface area contributed by atoms with Crippen LogP contribution in [0, 0.1) is 0 Å². The normalized spacial score (nSPS) is 19.7. The molecule has 2 aliphatic rings. The third-order valence-electron chi connectivity index (χ3n) is 6.09. The molecule has 1 amide bonds. The molecule has 0 aliphatic carbocycles. The number of aromatic nitrogens is 1. The first-order valence-electron chi connectivity index (χ1n) is 11.8. The van der Waals surface area contributed by atoms with E-state index in [2.05, 4.69) is 15.6 Å². The molecule has 0 saturated carbocycles. The van der Waals surface area contributed by atoms with Crippen molar-refractivity contribution >= 4 is 40.4 Å². The number of thiocarbonyl (C=S) groups is 1. The highest BCUT2D eigenvalue weighted by molar-refractivity contribution is 7.81. The number of anilines is 1. The molecule has 2 aromatic rings. The predicted octanol–water partition coefficient (Wildman–Crippen LogP) is 4.54. The van der Waals surface area contributed by atoms with E-state index in [0.717, 1.165) is 12.8 Å². The van der Waals surface area contributed by atoms with Gasteiger partial charge in [-0.3, -0.25) is 9.78 Å². The van der Waals surface area contributed by atoms with Crippen LogP contribution in [0.1, 0.15) is 24.8 Å². The third kappa shape index (κ3) is 6.66. The standard InChI is InChI=1S/C25H26ClF3N4O4S/c1-35-22-16(26)5-2-6-17(22)32-24(38)21-18(10-20(25(27,28)29)33-23(21)34)31-11-14-7-8-30-12-19(14)37-13-15-4-3-9-36-15/h2,5-8,12,15,20,31H,3-4,9-11,13H2,1H3,(H,32,38)(H,33,34)/t15-,20?/m0/s1. The molecule has 1 aromatic carbocycles. The number of hydrogen-bond donors (Lipinski definition) is 3. The molecule has 0 radical (unpaired) electrons. The summed E-state index contributed by atoms with van der Waals surface area (Å²) < 4.78 is 57.5. The summed E-state index contributed by atoms with van der Waals surface area (Å²) in [5.41, 5.74) is 0.936. The minimum absolute atomic E-state index is 0.0214. The minimum atomic E-state index is -4.65. The maximum Gasteiger partial charge on any atom is 0.409 e. The fourth-order valence-electron chi connectivity index (χ4n) is 4.17. The summed E-state index contributed by atoms with van der Waals surface area (Å²) in [4.78, 5) is 16.9. The lowest BCUT2D eigenvalue weighted by molar-refractivity contribution is -0.161. The van der Waals surface area contributed by atoms with Crippen molar-refractivity contribution in [3.63, 3.8) is 0 Å². The van der Waals surface area contributed by atoms with Crippen molar-refractivity contribution < 1.29 is 32.2 Å². The number of hydrogen-bond acceptors (Lipinski definition) is 7. The van der Waals surface area contributed by atoms with E-state index in [0.29, 0.717) is 35.2 Å². The number of ether oxygens (including phenoxy) is 3. The van der Waals surface area contributed by atoms with Crippen LogP contribution >= 0.6 is 23.8 Å². The summed E-state index contributed by atoms with van der Waals surface area (Å²) in [6.45, 7) is 1.09. The van der Waals surface area contributed by atoms with Crippen LogP contribution in [-0.4, -0.2) is 54.5 Å². The number of para-hydroxylation sites is 1. The molecular formula is C25H26ClF3N4O4S. The Kier molecular flexibility index (Phi) is 8.95. The van der Waals surface area contributed by atoms with E-state index in [1.807, 2.05) is 5.32 Å². The second-order valence-electron chi connectivity index (χ2n) is 8.68. The summed E-state index contributed by atoms with van der Waals surface area (Å²) in [5.74, 6) is -0.209. The number of methoxy groups -OCH3 is 1. The smallest absolute Gasteiger partial charge is 0.409 e. The molecule has 0 bridgehead atoms. The Hall–Kier alpha value is -3.09. The zero-order valence-electron chi connectivity index (χ0n) is 20.4. The first-order chi connectivity index (χ1) is 18.2. The Morgan fingerprint density at radius 3 is 2.87 bits per heavy atom. The quantitative estimate of drug-likeness (QED) is 0.379. The molecule has 1 fully saturated rings. The van der Waals surface area contributed by atoms with Crippen molar-refractivity contribution in [1.29, 1.82) is 0 Å². The number of carbonyl (C=O) groups is 1. The molecule has 1 saturated heterocycles. The van der Waals surface area contributed by atoms with Crippen LogP contribution in [0.25, 0.3) is 0 Å². The van der Waals surface area contributed by atoms with E-state index in [9.17, 15) is 18.0 Å². The van der Waals surface area contributed by atoms with Crippen molar-refractivity contribution in [2.75, 3.05) is 25.6 Å². The lowest BCUT2D eigenvalue weighted by Gasteiger charge is -2.30. The maximum atomic E-state index is 13.6. The number of carbonyl (C=O) groups excluding carboxylic acids is 1. The molecule has 3 N–H and O–H groups in total. The molecule has 0 spiro atoms. The van der Waals surface area contributed by atoms with Gasteiger partial charge < -0.3 is 30.2 Å². The van der Waals surface area contributed by atoms with Crippen molar-refractivity contribution in [1.82, 2.24) is 15.6 Å². The van der Waals surface area contributed by atoms with Crippen LogP contribution < -0.4 is 25.4 Å². The summed E-state index contributed by atoms with van der Waals surface area (Å²) in [6.07, 6.45) is -0.266. The summed E-state index contributed by atoms with van der Waals surface area (Å²) in [6, 6.07) is 4.49. The summed E-state index contributed by atoms with van der Waals surface area (Å²) in [7, 11) is 1.41. The van der Waals surface area contributed by atoms with Crippen LogP contribution in [0.15, 0.2) is 47.9 Å². The lowest BCUT2D eigenvalue weighted by atomic mass is 9.99. The molecule has 13 heteroatoms. The zero-order chi connectivity index (χ0) is 27.3. The van der Waals surface area contributed by atoms with Crippen molar-refractivity contribution in [3.05, 3.63) is 58.5 Å². The highest BCUT2D eigenvalue weighted by Gasteiger charge is 2.45. The lowest BCUT2D eigenvalue weighted by Crippen LogP contribution is -2.52. The van der Waals surface area contributed by atoms with E-state index in [1.54, 1.807) is 30.5 Å². The van der Waals surface area contributed by atoms with Gasteiger partial charge in [-0.2, -0.15) is 13.2 Å². The highest BCUT2D eigenvalue weighted by atomic mass is 35.5. The average molecular weight is 571 g/mol. The second-order valence-corrected chi connectivity index (χ2v) is 9.50. The van der Waals surface area contributed by atoms with Crippen LogP contribution in [0.2, 0.25) is 5.02 Å². The largest absolute Gasteiger partial charge is 0.493 e. The van der Waals surface area contributed by atoms with Gasteiger partial charge in [0.25, 0.3) is 5.91 Å². The number of rotatable bonds is 9. The number of pyridine rings is 1. The number of benzene rings is 1. The molecule has 2 atom stereocenters. The van der Waals surface area contributed by atoms with Crippen molar-refractivity contribution in [3.8, 4) is 11.5 Å². The van der Waals surface area contributed by atoms with Crippen molar-refractivity contribution in [2.45, 2.75) is 44.1 Å². The summed E-state index contributed by atoms with van der Waals surface area (Å²) >= 11 is 11.6. The van der Waals surface area contributed by atoms with Crippen molar-refractivity contribution in [2.24, 2.45) is 0 Å². The van der Waals surface area contributed by atoms with Gasteiger partial charge in [0.2, 0.25) is 0 Å². The Bertz CT molecular complexity index is 1220. The van der Waals surface area contributed by atoms with Gasteiger partial charge in [0.15, 0.2) is 5.75 Å². The first kappa shape index (κ1) is 27.9. The number of nitrogens with zero attached hydrogens (tertiary/aromatic N) is 1. The second kappa shape index (κ2) is 12.2. The topological polar surface area (TPSA) is 93.7 Å². The number of nitrogens with one attached hydrogen (secondary N) is 3. The molecule has 8 nitrogen and oxygen atoms in total. The number of alkyl halides is 3. The molecular weight excluding hydrogens is 545 g/mol. The van der Waals surface area contributed by atoms with Crippen LogP contribution in [0.5, 0.6) is 11.5 Å². The minimum Gasteiger partial charge on any atom is -0.493 e. The molecule has 2 aliphatic heterocycles. The third-order valence-corrected chi connectivity index (χ3v) is 6.70. The van der Waals surface area contributed by atoms with E-state index in [1.165, 1.54) is 13.3 Å². The van der Waals surface area contributed by atoms with Crippen LogP contribution in [0.3, 0.4) is 0 Å². The Morgan fingerprint density at radius 2 is 2.16 bits per heavy atom. The first-order valence-corrected chi connectivity index (χ1v) is 12.6. The van der Waals surface area contributed by atoms with Gasteiger partial charge in [0, 0.05) is 37.0 Å². The van der Waals surface area contributed by atoms with E-state index in [4.69, 9.17) is 38.0 Å².